The highest BCUT2D eigenvalue weighted by Gasteiger charge is 2.07. The van der Waals surface area contributed by atoms with E-state index in [1.54, 1.807) is 0 Å². The van der Waals surface area contributed by atoms with Crippen molar-refractivity contribution in [2.75, 3.05) is 7.05 Å². The molecule has 0 aliphatic heterocycles. The third-order valence-corrected chi connectivity index (χ3v) is 2.68. The molecule has 1 N–H and O–H groups in total. The van der Waals surface area contributed by atoms with Crippen LogP contribution in [0.15, 0.2) is 35.3 Å². The van der Waals surface area contributed by atoms with E-state index in [0.717, 1.165) is 10.9 Å². The van der Waals surface area contributed by atoms with Crippen LogP contribution in [0.3, 0.4) is 0 Å². The van der Waals surface area contributed by atoms with Crippen LogP contribution in [0.5, 0.6) is 0 Å². The van der Waals surface area contributed by atoms with Crippen LogP contribution in [0.25, 0.3) is 0 Å². The van der Waals surface area contributed by atoms with Gasteiger partial charge in [0, 0.05) is 10.5 Å². The van der Waals surface area contributed by atoms with E-state index in [0.29, 0.717) is 6.04 Å². The molecule has 0 spiro atoms. The molecule has 1 aromatic rings. The minimum absolute atomic E-state index is 0.365. The van der Waals surface area contributed by atoms with Crippen LogP contribution in [0, 0.1) is 6.92 Å². The van der Waals surface area contributed by atoms with E-state index in [1.165, 1.54) is 11.1 Å². The Balaban J connectivity index is 2.96. The van der Waals surface area contributed by atoms with Gasteiger partial charge in [-0.05, 0) is 43.7 Å². The van der Waals surface area contributed by atoms with E-state index < -0.39 is 0 Å². The van der Waals surface area contributed by atoms with E-state index >= 15 is 0 Å². The van der Waals surface area contributed by atoms with Gasteiger partial charge in [-0.2, -0.15) is 0 Å². The standard InChI is InChI=1S/C12H16BrN/c1-4-5-12(14-3)10-6-9(2)7-11(13)8-10/h4,6-8,12,14H,1,5H2,2-3H3. The lowest BCUT2D eigenvalue weighted by molar-refractivity contribution is 0.603. The summed E-state index contributed by atoms with van der Waals surface area (Å²) in [6.45, 7) is 5.87. The molecule has 76 valence electrons. The van der Waals surface area contributed by atoms with Crippen LogP contribution in [0.4, 0.5) is 0 Å². The van der Waals surface area contributed by atoms with Gasteiger partial charge in [-0.25, -0.2) is 0 Å². The summed E-state index contributed by atoms with van der Waals surface area (Å²) < 4.78 is 1.14. The lowest BCUT2D eigenvalue weighted by Crippen LogP contribution is -2.15. The average molecular weight is 254 g/mol. The van der Waals surface area contributed by atoms with Crippen molar-refractivity contribution < 1.29 is 0 Å². The minimum Gasteiger partial charge on any atom is -0.313 e. The lowest BCUT2D eigenvalue weighted by Gasteiger charge is -2.15. The predicted octanol–water partition coefficient (Wildman–Crippen LogP) is 3.59. The highest BCUT2D eigenvalue weighted by Crippen LogP contribution is 2.22. The fourth-order valence-electron chi connectivity index (χ4n) is 1.55. The van der Waals surface area contributed by atoms with Crippen LogP contribution in [0.1, 0.15) is 23.6 Å². The third-order valence-electron chi connectivity index (χ3n) is 2.22. The molecule has 0 fully saturated rings. The zero-order valence-electron chi connectivity index (χ0n) is 8.68. The molecule has 0 aliphatic rings. The Bertz CT molecular complexity index is 300. The zero-order chi connectivity index (χ0) is 10.6. The van der Waals surface area contributed by atoms with Gasteiger partial charge in [-0.15, -0.1) is 6.58 Å². The maximum absolute atomic E-state index is 3.77. The van der Waals surface area contributed by atoms with Crippen molar-refractivity contribution in [3.8, 4) is 0 Å². The minimum atomic E-state index is 0.365. The van der Waals surface area contributed by atoms with Crippen molar-refractivity contribution in [3.05, 3.63) is 46.5 Å². The Hall–Kier alpha value is -0.600. The number of hydrogen-bond donors (Lipinski definition) is 1. The molecule has 1 aromatic carbocycles. The Morgan fingerprint density at radius 3 is 2.71 bits per heavy atom. The van der Waals surface area contributed by atoms with Crippen molar-refractivity contribution in [1.29, 1.82) is 0 Å². The first kappa shape index (κ1) is 11.5. The molecule has 0 bridgehead atoms. The Morgan fingerprint density at radius 2 is 2.21 bits per heavy atom. The van der Waals surface area contributed by atoms with E-state index in [9.17, 15) is 0 Å². The molecule has 0 heterocycles. The SMILES string of the molecule is C=CCC(NC)c1cc(C)cc(Br)c1. The molecule has 0 saturated carbocycles. The summed E-state index contributed by atoms with van der Waals surface area (Å²) in [5.74, 6) is 0. The molecule has 1 rings (SSSR count). The second-order valence-corrected chi connectivity index (χ2v) is 4.34. The van der Waals surface area contributed by atoms with Crippen LogP contribution in [-0.4, -0.2) is 7.05 Å². The largest absolute Gasteiger partial charge is 0.313 e. The molecule has 1 unspecified atom stereocenters. The highest BCUT2D eigenvalue weighted by molar-refractivity contribution is 9.10. The quantitative estimate of drug-likeness (QED) is 0.809. The Morgan fingerprint density at radius 1 is 1.50 bits per heavy atom. The first-order valence-corrected chi connectivity index (χ1v) is 5.52. The summed E-state index contributed by atoms with van der Waals surface area (Å²) in [7, 11) is 1.98. The van der Waals surface area contributed by atoms with E-state index in [2.05, 4.69) is 52.9 Å². The van der Waals surface area contributed by atoms with Gasteiger partial charge in [0.25, 0.3) is 0 Å². The van der Waals surface area contributed by atoms with Crippen molar-refractivity contribution in [3.63, 3.8) is 0 Å². The monoisotopic (exact) mass is 253 g/mol. The van der Waals surface area contributed by atoms with E-state index in [-0.39, 0.29) is 0 Å². The Kier molecular flexibility index (Phi) is 4.36. The summed E-state index contributed by atoms with van der Waals surface area (Å²) in [5, 5.41) is 3.28. The smallest absolute Gasteiger partial charge is 0.0352 e. The number of halogens is 1. The van der Waals surface area contributed by atoms with E-state index in [1.807, 2.05) is 13.1 Å². The number of rotatable bonds is 4. The number of aryl methyl sites for hydroxylation is 1. The van der Waals surface area contributed by atoms with Gasteiger partial charge in [0.15, 0.2) is 0 Å². The summed E-state index contributed by atoms with van der Waals surface area (Å²) in [4.78, 5) is 0. The summed E-state index contributed by atoms with van der Waals surface area (Å²) in [6.07, 6.45) is 2.89. The van der Waals surface area contributed by atoms with Crippen molar-refractivity contribution >= 4 is 15.9 Å². The predicted molar refractivity (Wildman–Crippen MR) is 65.5 cm³/mol. The molecule has 0 radical (unpaired) electrons. The van der Waals surface area contributed by atoms with Crippen LogP contribution < -0.4 is 5.32 Å². The van der Waals surface area contributed by atoms with Gasteiger partial charge < -0.3 is 5.32 Å². The lowest BCUT2D eigenvalue weighted by atomic mass is 10.0. The number of benzene rings is 1. The number of nitrogens with one attached hydrogen (secondary N) is 1. The molecule has 0 aliphatic carbocycles. The van der Waals surface area contributed by atoms with Crippen LogP contribution in [-0.2, 0) is 0 Å². The van der Waals surface area contributed by atoms with Crippen LogP contribution >= 0.6 is 15.9 Å². The van der Waals surface area contributed by atoms with E-state index in [4.69, 9.17) is 0 Å². The normalized spacial score (nSPS) is 12.5. The first-order valence-electron chi connectivity index (χ1n) is 4.72. The van der Waals surface area contributed by atoms with Gasteiger partial charge in [0.1, 0.15) is 0 Å². The van der Waals surface area contributed by atoms with Crippen molar-refractivity contribution in [2.45, 2.75) is 19.4 Å². The average Bonchev–Trinajstić information content (AvgIpc) is 2.12. The molecule has 2 heteroatoms. The molecular weight excluding hydrogens is 238 g/mol. The molecule has 0 aromatic heterocycles. The summed E-state index contributed by atoms with van der Waals surface area (Å²) in [6, 6.07) is 6.83. The molecule has 1 nitrogen and oxygen atoms in total. The fraction of sp³-hybridized carbons (Fsp3) is 0.333. The first-order chi connectivity index (χ1) is 6.67. The number of hydrogen-bond acceptors (Lipinski definition) is 1. The van der Waals surface area contributed by atoms with Crippen LogP contribution in [0.2, 0.25) is 0 Å². The van der Waals surface area contributed by atoms with Gasteiger partial charge in [-0.3, -0.25) is 0 Å². The molecule has 0 amide bonds. The molecular formula is C12H16BrN. The molecule has 0 saturated heterocycles. The second kappa shape index (κ2) is 5.32. The maximum atomic E-state index is 3.77. The van der Waals surface area contributed by atoms with Crippen molar-refractivity contribution in [1.82, 2.24) is 5.32 Å². The fourth-order valence-corrected chi connectivity index (χ4v) is 2.18. The second-order valence-electron chi connectivity index (χ2n) is 3.43. The maximum Gasteiger partial charge on any atom is 0.0352 e. The zero-order valence-corrected chi connectivity index (χ0v) is 10.3. The topological polar surface area (TPSA) is 12.0 Å². The third kappa shape index (κ3) is 2.96. The van der Waals surface area contributed by atoms with Gasteiger partial charge in [0.05, 0.1) is 0 Å². The van der Waals surface area contributed by atoms with Gasteiger partial charge in [-0.1, -0.05) is 28.1 Å². The summed E-state index contributed by atoms with van der Waals surface area (Å²) in [5.41, 5.74) is 2.58. The highest BCUT2D eigenvalue weighted by atomic mass is 79.9. The Labute approximate surface area is 94.3 Å². The molecule has 1 atom stereocenters. The van der Waals surface area contributed by atoms with Crippen molar-refractivity contribution in [2.24, 2.45) is 0 Å². The molecule has 14 heavy (non-hydrogen) atoms. The van der Waals surface area contributed by atoms with Gasteiger partial charge in [0.2, 0.25) is 0 Å². The van der Waals surface area contributed by atoms with Gasteiger partial charge >= 0.3 is 0 Å². The summed E-state index contributed by atoms with van der Waals surface area (Å²) >= 11 is 3.51.